The lowest BCUT2D eigenvalue weighted by Gasteiger charge is -2.26. The molecule has 0 spiro atoms. The van der Waals surface area contributed by atoms with E-state index in [1.54, 1.807) is 29.3 Å². The molecule has 11 heteroatoms. The van der Waals surface area contributed by atoms with E-state index < -0.39 is 12.0 Å². The maximum Gasteiger partial charge on any atom is 0.338 e. The van der Waals surface area contributed by atoms with E-state index in [-0.39, 0.29) is 12.2 Å². The van der Waals surface area contributed by atoms with Gasteiger partial charge in [0.15, 0.2) is 4.80 Å². The van der Waals surface area contributed by atoms with Crippen molar-refractivity contribution in [1.82, 2.24) is 4.57 Å². The number of carbonyl (C=O) groups is 1. The summed E-state index contributed by atoms with van der Waals surface area (Å²) in [5.74, 6) is 0.751. The summed E-state index contributed by atoms with van der Waals surface area (Å²) in [6.45, 7) is 4.68. The number of hydrogen-bond acceptors (Lipinski definition) is 9. The number of thiazole rings is 1. The van der Waals surface area contributed by atoms with Crippen LogP contribution in [0.15, 0.2) is 89.8 Å². The van der Waals surface area contributed by atoms with Crippen molar-refractivity contribution in [2.75, 3.05) is 44.1 Å². The number of fused-ring (bicyclic) bond motifs is 1. The molecule has 4 heterocycles. The minimum atomic E-state index is -0.721. The highest BCUT2D eigenvalue weighted by Crippen LogP contribution is 2.36. The maximum atomic E-state index is 14.1. The highest BCUT2D eigenvalue weighted by atomic mass is 79.9. The van der Waals surface area contributed by atoms with Crippen molar-refractivity contribution in [3.05, 3.63) is 107 Å². The van der Waals surface area contributed by atoms with Crippen LogP contribution in [-0.2, 0) is 14.3 Å². The largest absolute Gasteiger partial charge is 0.463 e. The first kappa shape index (κ1) is 28.7. The second-order valence-corrected chi connectivity index (χ2v) is 12.3. The molecule has 4 aromatic rings. The Morgan fingerprint density at radius 1 is 1.17 bits per heavy atom. The number of carbonyl (C=O) groups excluding carboxylic acids is 1. The molecule has 1 fully saturated rings. The molecule has 8 nitrogen and oxygen atoms in total. The van der Waals surface area contributed by atoms with Gasteiger partial charge in [0.1, 0.15) is 5.76 Å². The van der Waals surface area contributed by atoms with Crippen LogP contribution in [-0.4, -0.2) is 49.7 Å². The zero-order valence-electron chi connectivity index (χ0n) is 23.0. The van der Waals surface area contributed by atoms with Gasteiger partial charge in [0.25, 0.3) is 5.56 Å². The summed E-state index contributed by atoms with van der Waals surface area (Å²) in [5.41, 5.74) is 2.13. The van der Waals surface area contributed by atoms with Crippen LogP contribution in [0.4, 0.5) is 5.88 Å². The van der Waals surface area contributed by atoms with Crippen molar-refractivity contribution in [2.24, 2.45) is 4.99 Å². The minimum absolute atomic E-state index is 0.200. The molecule has 1 atom stereocenters. The van der Waals surface area contributed by atoms with Gasteiger partial charge in [-0.3, -0.25) is 9.36 Å². The monoisotopic (exact) mass is 665 g/mol. The van der Waals surface area contributed by atoms with Crippen molar-refractivity contribution in [3.8, 4) is 0 Å². The molecule has 0 N–H and O–H groups in total. The number of rotatable bonds is 7. The van der Waals surface area contributed by atoms with Crippen LogP contribution in [0, 0.1) is 0 Å². The summed E-state index contributed by atoms with van der Waals surface area (Å²) >= 11 is 6.51. The summed E-state index contributed by atoms with van der Waals surface area (Å²) in [6, 6.07) is 18.6. The Kier molecular flexibility index (Phi) is 8.53. The van der Waals surface area contributed by atoms with Crippen molar-refractivity contribution in [1.29, 1.82) is 0 Å². The second-order valence-electron chi connectivity index (χ2n) is 9.61. The lowest BCUT2D eigenvalue weighted by Crippen LogP contribution is -2.40. The Balaban J connectivity index is 1.55. The summed E-state index contributed by atoms with van der Waals surface area (Å²) < 4.78 is 20.1. The molecule has 42 heavy (non-hydrogen) atoms. The molecule has 2 aliphatic rings. The summed E-state index contributed by atoms with van der Waals surface area (Å²) in [6.07, 6.45) is 3.75. The van der Waals surface area contributed by atoms with Crippen LogP contribution in [0.25, 0.3) is 11.8 Å². The van der Waals surface area contributed by atoms with Crippen molar-refractivity contribution in [2.45, 2.75) is 17.9 Å². The molecule has 2 aromatic carbocycles. The summed E-state index contributed by atoms with van der Waals surface area (Å²) in [5, 5.41) is 0. The predicted octanol–water partition coefficient (Wildman–Crippen LogP) is 4.85. The van der Waals surface area contributed by atoms with Crippen LogP contribution >= 0.6 is 39.0 Å². The number of esters is 1. The Morgan fingerprint density at radius 2 is 1.90 bits per heavy atom. The molecule has 1 saturated heterocycles. The number of benzene rings is 2. The quantitative estimate of drug-likeness (QED) is 0.206. The third-order valence-electron chi connectivity index (χ3n) is 7.06. The number of halogens is 1. The number of thioether (sulfide) groups is 1. The normalized spacial score (nSPS) is 17.3. The van der Waals surface area contributed by atoms with Gasteiger partial charge in [0.2, 0.25) is 5.88 Å². The smallest absolute Gasteiger partial charge is 0.338 e. The molecule has 2 aromatic heterocycles. The number of morpholine rings is 1. The molecule has 0 aliphatic carbocycles. The van der Waals surface area contributed by atoms with Gasteiger partial charge in [-0.05, 0) is 46.8 Å². The topological polar surface area (TPSA) is 86.3 Å². The average Bonchev–Trinajstić information content (AvgIpc) is 3.55. The third-order valence-corrected chi connectivity index (χ3v) is 9.36. The maximum absolute atomic E-state index is 14.1. The fourth-order valence-corrected chi connectivity index (χ4v) is 7.05. The molecule has 2 aliphatic heterocycles. The molecule has 0 unspecified atom stereocenters. The molecule has 216 valence electrons. The van der Waals surface area contributed by atoms with E-state index in [0.29, 0.717) is 45.5 Å². The van der Waals surface area contributed by atoms with Gasteiger partial charge in [0.05, 0.1) is 46.1 Å². The number of aromatic nitrogens is 1. The zero-order valence-corrected chi connectivity index (χ0v) is 26.3. The Hall–Kier alpha value is -3.38. The first-order valence-corrected chi connectivity index (χ1v) is 16.4. The molecule has 0 amide bonds. The number of ether oxygens (including phenoxy) is 2. The van der Waals surface area contributed by atoms with Crippen LogP contribution in [0.2, 0.25) is 0 Å². The van der Waals surface area contributed by atoms with Gasteiger partial charge >= 0.3 is 5.97 Å². The summed E-state index contributed by atoms with van der Waals surface area (Å²) in [4.78, 5) is 36.3. The third kappa shape index (κ3) is 5.54. The van der Waals surface area contributed by atoms with E-state index in [2.05, 4.69) is 20.8 Å². The lowest BCUT2D eigenvalue weighted by atomic mass is 9.93. The minimum Gasteiger partial charge on any atom is -0.463 e. The van der Waals surface area contributed by atoms with Crippen LogP contribution in [0.1, 0.15) is 29.9 Å². The highest BCUT2D eigenvalue weighted by molar-refractivity contribution is 9.10. The molecule has 0 saturated carbocycles. The average molecular weight is 667 g/mol. The predicted molar refractivity (Wildman–Crippen MR) is 169 cm³/mol. The number of nitrogens with zero attached hydrogens (tertiary/aromatic N) is 3. The first-order chi connectivity index (χ1) is 20.5. The number of anilines is 1. The lowest BCUT2D eigenvalue weighted by molar-refractivity contribution is -0.138. The number of hydrogen-bond donors (Lipinski definition) is 0. The van der Waals surface area contributed by atoms with Gasteiger partial charge in [-0.15, -0.1) is 11.8 Å². The Labute approximate surface area is 259 Å². The Morgan fingerprint density at radius 3 is 2.60 bits per heavy atom. The zero-order chi connectivity index (χ0) is 29.2. The van der Waals surface area contributed by atoms with Gasteiger partial charge in [-0.2, -0.15) is 0 Å². The van der Waals surface area contributed by atoms with E-state index in [1.807, 2.05) is 66.9 Å². The summed E-state index contributed by atoms with van der Waals surface area (Å²) in [7, 11) is 0. The van der Waals surface area contributed by atoms with Crippen molar-refractivity contribution in [3.63, 3.8) is 0 Å². The van der Waals surface area contributed by atoms with Gasteiger partial charge in [-0.1, -0.05) is 53.8 Å². The fourth-order valence-electron chi connectivity index (χ4n) is 5.10. The molecule has 0 bridgehead atoms. The van der Waals surface area contributed by atoms with Gasteiger partial charge in [-0.25, -0.2) is 9.79 Å². The molecular weight excluding hydrogens is 638 g/mol. The van der Waals surface area contributed by atoms with Crippen LogP contribution < -0.4 is 19.8 Å². The van der Waals surface area contributed by atoms with Crippen LogP contribution in [0.3, 0.4) is 0 Å². The van der Waals surface area contributed by atoms with E-state index in [9.17, 15) is 9.59 Å². The van der Waals surface area contributed by atoms with E-state index in [1.165, 1.54) is 11.3 Å². The molecule has 6 rings (SSSR count). The van der Waals surface area contributed by atoms with Gasteiger partial charge in [0, 0.05) is 35.7 Å². The fraction of sp³-hybridized carbons (Fsp3) is 0.258. The Bertz CT molecular complexity index is 1820. The van der Waals surface area contributed by atoms with Crippen molar-refractivity contribution < 1.29 is 18.7 Å². The van der Waals surface area contributed by atoms with E-state index in [4.69, 9.17) is 18.9 Å². The standard InChI is InChI=1S/C31H28BrN3O5S2/c1-3-39-30(37)25-26(19-7-5-4-6-8-19)33-31-35(27(25)20-9-11-22(41-2)12-10-20)28(36)24(42-31)18-21-17-23(32)29(40-21)34-13-15-38-16-14-34/h4-12,17-18,27H,3,13-16H2,1-2H3/b24-18+/t27-/m0/s1. The van der Waals surface area contributed by atoms with E-state index >= 15 is 0 Å². The molecular formula is C31H28BrN3O5S2. The first-order valence-electron chi connectivity index (χ1n) is 13.5. The van der Waals surface area contributed by atoms with E-state index in [0.717, 1.165) is 33.6 Å². The van der Waals surface area contributed by atoms with Gasteiger partial charge < -0.3 is 18.8 Å². The number of furan rings is 1. The van der Waals surface area contributed by atoms with Crippen LogP contribution in [0.5, 0.6) is 0 Å². The highest BCUT2D eigenvalue weighted by Gasteiger charge is 2.35. The van der Waals surface area contributed by atoms with Crippen molar-refractivity contribution >= 4 is 62.7 Å². The second kappa shape index (κ2) is 12.5. The molecule has 0 radical (unpaired) electrons. The SMILES string of the molecule is CCOC(=O)C1=C(c2ccccc2)N=c2s/c(=C/c3cc(Br)c(N4CCOCC4)o3)c(=O)n2[C@H]1c1ccc(SC)cc1.